The predicted molar refractivity (Wildman–Crippen MR) is 124 cm³/mol. The molecular formula is C22H21ClN2O3S2. The number of thioether (sulfide) groups is 1. The smallest absolute Gasteiger partial charge is 0.262 e. The molecule has 1 amide bonds. The minimum Gasteiger partial charge on any atom is -0.325 e. The second-order valence-electron chi connectivity index (χ2n) is 6.75. The first-order chi connectivity index (χ1) is 14.2. The zero-order valence-corrected chi connectivity index (χ0v) is 18.9. The van der Waals surface area contributed by atoms with Gasteiger partial charge in [0.15, 0.2) is 0 Å². The molecule has 156 valence electrons. The third-order valence-corrected chi connectivity index (χ3v) is 7.00. The van der Waals surface area contributed by atoms with E-state index >= 15 is 0 Å². The van der Waals surface area contributed by atoms with E-state index in [4.69, 9.17) is 11.6 Å². The van der Waals surface area contributed by atoms with E-state index < -0.39 is 10.0 Å². The van der Waals surface area contributed by atoms with E-state index in [9.17, 15) is 13.2 Å². The molecule has 0 saturated carbocycles. The Kier molecular flexibility index (Phi) is 7.07. The Morgan fingerprint density at radius 1 is 0.967 bits per heavy atom. The van der Waals surface area contributed by atoms with Gasteiger partial charge in [-0.25, -0.2) is 8.42 Å². The average molecular weight is 461 g/mol. The topological polar surface area (TPSA) is 75.3 Å². The lowest BCUT2D eigenvalue weighted by atomic mass is 10.2. The summed E-state index contributed by atoms with van der Waals surface area (Å²) >= 11 is 7.23. The molecule has 2 N–H and O–H groups in total. The molecule has 30 heavy (non-hydrogen) atoms. The zero-order chi connectivity index (χ0) is 21.7. The van der Waals surface area contributed by atoms with Gasteiger partial charge in [0, 0.05) is 21.3 Å². The molecule has 0 aliphatic heterocycles. The van der Waals surface area contributed by atoms with Crippen molar-refractivity contribution in [2.75, 3.05) is 15.8 Å². The van der Waals surface area contributed by atoms with Crippen molar-refractivity contribution >= 4 is 50.7 Å². The van der Waals surface area contributed by atoms with Gasteiger partial charge in [-0.15, -0.1) is 11.8 Å². The van der Waals surface area contributed by atoms with E-state index in [1.54, 1.807) is 49.4 Å². The SMILES string of the molecule is Cc1cccc(NS(=O)(=O)c2cc(NC(=O)CSc3ccc(Cl)cc3)ccc2C)c1. The lowest BCUT2D eigenvalue weighted by Gasteiger charge is -2.13. The van der Waals surface area contributed by atoms with Crippen molar-refractivity contribution in [3.05, 3.63) is 82.9 Å². The van der Waals surface area contributed by atoms with Gasteiger partial charge in [0.2, 0.25) is 5.91 Å². The standard InChI is InChI=1S/C22H21ClN2O3S2/c1-15-4-3-5-19(12-15)25-30(27,28)21-13-18(9-6-16(21)2)24-22(26)14-29-20-10-7-17(23)8-11-20/h3-13,25H,14H2,1-2H3,(H,24,26). The van der Waals surface area contributed by atoms with Gasteiger partial charge >= 0.3 is 0 Å². The summed E-state index contributed by atoms with van der Waals surface area (Å²) in [6.07, 6.45) is 0. The molecule has 8 heteroatoms. The average Bonchev–Trinajstić information content (AvgIpc) is 2.68. The molecule has 0 bridgehead atoms. The van der Waals surface area contributed by atoms with Crippen LogP contribution in [0.15, 0.2) is 76.5 Å². The molecule has 0 unspecified atom stereocenters. The van der Waals surface area contributed by atoms with Gasteiger partial charge in [-0.05, 0) is 73.5 Å². The first kappa shape index (κ1) is 22.2. The van der Waals surface area contributed by atoms with Crippen LogP contribution in [0.3, 0.4) is 0 Å². The highest BCUT2D eigenvalue weighted by atomic mass is 35.5. The number of hydrogen-bond acceptors (Lipinski definition) is 4. The fourth-order valence-corrected chi connectivity index (χ4v) is 4.91. The molecule has 0 aromatic heterocycles. The Hall–Kier alpha value is -2.48. The Morgan fingerprint density at radius 3 is 2.40 bits per heavy atom. The van der Waals surface area contributed by atoms with E-state index in [-0.39, 0.29) is 16.6 Å². The molecule has 5 nitrogen and oxygen atoms in total. The Labute approximate surface area is 185 Å². The first-order valence-corrected chi connectivity index (χ1v) is 12.0. The third-order valence-electron chi connectivity index (χ3n) is 4.22. The minimum atomic E-state index is -3.80. The molecule has 0 aliphatic rings. The quantitative estimate of drug-likeness (QED) is 0.457. The highest BCUT2D eigenvalue weighted by Crippen LogP contribution is 2.24. The largest absolute Gasteiger partial charge is 0.325 e. The fourth-order valence-electron chi connectivity index (χ4n) is 2.76. The van der Waals surface area contributed by atoms with E-state index in [1.807, 2.05) is 25.1 Å². The molecule has 3 rings (SSSR count). The molecule has 0 heterocycles. The second-order valence-corrected chi connectivity index (χ2v) is 9.88. The van der Waals surface area contributed by atoms with Crippen molar-refractivity contribution in [1.82, 2.24) is 0 Å². The zero-order valence-electron chi connectivity index (χ0n) is 16.5. The summed E-state index contributed by atoms with van der Waals surface area (Å²) in [4.78, 5) is 13.3. The van der Waals surface area contributed by atoms with Crippen molar-refractivity contribution < 1.29 is 13.2 Å². The van der Waals surface area contributed by atoms with Crippen LogP contribution < -0.4 is 10.0 Å². The third kappa shape index (κ3) is 6.01. The molecular weight excluding hydrogens is 440 g/mol. The van der Waals surface area contributed by atoms with Gasteiger partial charge in [0.1, 0.15) is 0 Å². The van der Waals surface area contributed by atoms with Crippen LogP contribution in [0.1, 0.15) is 11.1 Å². The van der Waals surface area contributed by atoms with Crippen LogP contribution in [0.4, 0.5) is 11.4 Å². The lowest BCUT2D eigenvalue weighted by molar-refractivity contribution is -0.113. The predicted octanol–water partition coefficient (Wildman–Crippen LogP) is 5.49. The minimum absolute atomic E-state index is 0.118. The highest BCUT2D eigenvalue weighted by molar-refractivity contribution is 8.00. The highest BCUT2D eigenvalue weighted by Gasteiger charge is 2.18. The summed E-state index contributed by atoms with van der Waals surface area (Å²) in [5.74, 6) is -0.0344. The van der Waals surface area contributed by atoms with Crippen LogP contribution >= 0.6 is 23.4 Å². The molecule has 0 atom stereocenters. The van der Waals surface area contributed by atoms with Gasteiger partial charge in [0.05, 0.1) is 10.6 Å². The number of hydrogen-bond donors (Lipinski definition) is 2. The summed E-state index contributed by atoms with van der Waals surface area (Å²) in [6.45, 7) is 3.61. The Balaban J connectivity index is 1.70. The number of carbonyl (C=O) groups excluding carboxylic acids is 1. The van der Waals surface area contributed by atoms with Crippen LogP contribution in [-0.4, -0.2) is 20.1 Å². The Bertz CT molecular complexity index is 1160. The van der Waals surface area contributed by atoms with E-state index in [0.29, 0.717) is 22.0 Å². The number of nitrogens with one attached hydrogen (secondary N) is 2. The van der Waals surface area contributed by atoms with Crippen molar-refractivity contribution in [3.63, 3.8) is 0 Å². The van der Waals surface area contributed by atoms with Gasteiger partial charge < -0.3 is 5.32 Å². The van der Waals surface area contributed by atoms with Gasteiger partial charge in [-0.2, -0.15) is 0 Å². The Morgan fingerprint density at radius 2 is 1.70 bits per heavy atom. The number of benzene rings is 3. The van der Waals surface area contributed by atoms with Crippen molar-refractivity contribution in [3.8, 4) is 0 Å². The number of rotatable bonds is 7. The van der Waals surface area contributed by atoms with E-state index in [2.05, 4.69) is 10.0 Å². The van der Waals surface area contributed by atoms with Crippen LogP contribution in [-0.2, 0) is 14.8 Å². The number of amides is 1. The number of sulfonamides is 1. The van der Waals surface area contributed by atoms with Gasteiger partial charge in [-0.3, -0.25) is 9.52 Å². The normalized spacial score (nSPS) is 11.2. The number of halogens is 1. The summed E-state index contributed by atoms with van der Waals surface area (Å²) < 4.78 is 28.3. The van der Waals surface area contributed by atoms with Gasteiger partial charge in [0.25, 0.3) is 10.0 Å². The fraction of sp³-hybridized carbons (Fsp3) is 0.136. The summed E-state index contributed by atoms with van der Waals surface area (Å²) in [7, 11) is -3.80. The maximum atomic E-state index is 12.9. The van der Waals surface area contributed by atoms with Crippen LogP contribution in [0.5, 0.6) is 0 Å². The van der Waals surface area contributed by atoms with Gasteiger partial charge in [-0.1, -0.05) is 29.8 Å². The summed E-state index contributed by atoms with van der Waals surface area (Å²) in [5.41, 5.74) is 2.45. The molecule has 0 fully saturated rings. The maximum absolute atomic E-state index is 12.9. The maximum Gasteiger partial charge on any atom is 0.262 e. The van der Waals surface area contributed by atoms with Crippen LogP contribution in [0, 0.1) is 13.8 Å². The van der Waals surface area contributed by atoms with Crippen molar-refractivity contribution in [2.45, 2.75) is 23.6 Å². The second kappa shape index (κ2) is 9.55. The summed E-state index contributed by atoms with van der Waals surface area (Å²) in [5, 5.41) is 3.39. The first-order valence-electron chi connectivity index (χ1n) is 9.11. The van der Waals surface area contributed by atoms with Crippen molar-refractivity contribution in [2.24, 2.45) is 0 Å². The molecule has 0 aliphatic carbocycles. The monoisotopic (exact) mass is 460 g/mol. The molecule has 0 saturated heterocycles. The molecule has 3 aromatic rings. The lowest BCUT2D eigenvalue weighted by Crippen LogP contribution is -2.17. The molecule has 0 spiro atoms. The molecule has 0 radical (unpaired) electrons. The van der Waals surface area contributed by atoms with Crippen LogP contribution in [0.2, 0.25) is 5.02 Å². The number of aryl methyl sites for hydroxylation is 2. The van der Waals surface area contributed by atoms with E-state index in [0.717, 1.165) is 10.5 Å². The van der Waals surface area contributed by atoms with Crippen molar-refractivity contribution in [1.29, 1.82) is 0 Å². The number of carbonyl (C=O) groups is 1. The molecule has 3 aromatic carbocycles. The summed E-state index contributed by atoms with van der Waals surface area (Å²) in [6, 6.07) is 19.2. The number of anilines is 2. The van der Waals surface area contributed by atoms with E-state index in [1.165, 1.54) is 17.8 Å². The van der Waals surface area contributed by atoms with Crippen LogP contribution in [0.25, 0.3) is 0 Å².